The Labute approximate surface area is 91.9 Å². The van der Waals surface area contributed by atoms with Crippen LogP contribution in [0.3, 0.4) is 0 Å². The van der Waals surface area contributed by atoms with Crippen molar-refractivity contribution in [1.82, 2.24) is 9.55 Å². The van der Waals surface area contributed by atoms with Gasteiger partial charge in [0.15, 0.2) is 0 Å². The summed E-state index contributed by atoms with van der Waals surface area (Å²) >= 11 is 5.59. The van der Waals surface area contributed by atoms with Crippen LogP contribution in [-0.2, 0) is 0 Å². The molecule has 15 heavy (non-hydrogen) atoms. The Morgan fingerprint density at radius 2 is 2.20 bits per heavy atom. The van der Waals surface area contributed by atoms with E-state index in [-0.39, 0.29) is 16.8 Å². The summed E-state index contributed by atoms with van der Waals surface area (Å²) in [7, 11) is 0. The molecule has 0 aliphatic heterocycles. The lowest BCUT2D eigenvalue weighted by atomic mass is 9.80. The van der Waals surface area contributed by atoms with E-state index < -0.39 is 5.69 Å². The molecule has 0 amide bonds. The summed E-state index contributed by atoms with van der Waals surface area (Å²) < 4.78 is 1.26. The Bertz CT molecular complexity index is 442. The van der Waals surface area contributed by atoms with Crippen molar-refractivity contribution in [3.05, 3.63) is 32.1 Å². The van der Waals surface area contributed by atoms with E-state index in [1.54, 1.807) is 0 Å². The van der Waals surface area contributed by atoms with E-state index in [0.29, 0.717) is 5.92 Å². The van der Waals surface area contributed by atoms with E-state index in [1.807, 2.05) is 6.92 Å². The van der Waals surface area contributed by atoms with Crippen molar-refractivity contribution in [2.45, 2.75) is 32.2 Å². The molecule has 1 saturated carbocycles. The van der Waals surface area contributed by atoms with Gasteiger partial charge in [-0.3, -0.25) is 14.3 Å². The average Bonchev–Trinajstić information content (AvgIpc) is 1.97. The van der Waals surface area contributed by atoms with Gasteiger partial charge in [0.2, 0.25) is 0 Å². The second kappa shape index (κ2) is 3.85. The minimum Gasteiger partial charge on any atom is -0.298 e. The van der Waals surface area contributed by atoms with Crippen LogP contribution in [0.5, 0.6) is 0 Å². The maximum absolute atomic E-state index is 11.6. The van der Waals surface area contributed by atoms with Crippen LogP contribution < -0.4 is 11.2 Å². The summed E-state index contributed by atoms with van der Waals surface area (Å²) in [6.45, 7) is 1.91. The summed E-state index contributed by atoms with van der Waals surface area (Å²) in [5.74, 6) is 0.449. The van der Waals surface area contributed by atoms with E-state index in [1.165, 1.54) is 17.1 Å². The van der Waals surface area contributed by atoms with Crippen LogP contribution in [0.4, 0.5) is 0 Å². The SMILES string of the molecule is CC(C1CCC1)n1c(=O)cc(Cl)[nH]c1=O. The third-order valence-electron chi connectivity index (χ3n) is 3.17. The Hall–Kier alpha value is -1.03. The highest BCUT2D eigenvalue weighted by atomic mass is 35.5. The fraction of sp³-hybridized carbons (Fsp3) is 0.600. The minimum absolute atomic E-state index is 0.0349. The summed E-state index contributed by atoms with van der Waals surface area (Å²) in [5.41, 5.74) is -0.727. The molecule has 1 unspecified atom stereocenters. The van der Waals surface area contributed by atoms with Crippen molar-refractivity contribution in [3.63, 3.8) is 0 Å². The number of H-pyrrole nitrogens is 1. The van der Waals surface area contributed by atoms with Crippen LogP contribution in [-0.4, -0.2) is 9.55 Å². The molecule has 0 bridgehead atoms. The maximum atomic E-state index is 11.6. The van der Waals surface area contributed by atoms with Crippen molar-refractivity contribution in [3.8, 4) is 0 Å². The van der Waals surface area contributed by atoms with Gasteiger partial charge in [-0.05, 0) is 25.7 Å². The standard InChI is InChI=1S/C10H13ClN2O2/c1-6(7-3-2-4-7)13-9(14)5-8(11)12-10(13)15/h5-7H,2-4H2,1H3,(H,12,15). The second-order valence-electron chi connectivity index (χ2n) is 4.06. The van der Waals surface area contributed by atoms with Gasteiger partial charge in [-0.15, -0.1) is 0 Å². The highest BCUT2D eigenvalue weighted by Gasteiger charge is 2.26. The molecule has 5 heteroatoms. The first-order valence-electron chi connectivity index (χ1n) is 5.11. The zero-order valence-corrected chi connectivity index (χ0v) is 9.25. The van der Waals surface area contributed by atoms with Crippen molar-refractivity contribution in [1.29, 1.82) is 0 Å². The zero-order chi connectivity index (χ0) is 11.0. The predicted octanol–water partition coefficient (Wildman–Crippen LogP) is 1.55. The molecule has 1 fully saturated rings. The molecule has 1 aliphatic rings. The molecule has 4 nitrogen and oxygen atoms in total. The summed E-state index contributed by atoms with van der Waals surface area (Å²) in [6, 6.07) is 1.21. The molecule has 1 aromatic rings. The van der Waals surface area contributed by atoms with Crippen LogP contribution in [0.1, 0.15) is 32.2 Å². The molecule has 2 rings (SSSR count). The van der Waals surface area contributed by atoms with Crippen molar-refractivity contribution >= 4 is 11.6 Å². The Morgan fingerprint density at radius 3 is 2.67 bits per heavy atom. The van der Waals surface area contributed by atoms with Crippen LogP contribution in [0.15, 0.2) is 15.7 Å². The van der Waals surface area contributed by atoms with Crippen molar-refractivity contribution < 1.29 is 0 Å². The van der Waals surface area contributed by atoms with Crippen molar-refractivity contribution in [2.24, 2.45) is 5.92 Å². The number of aromatic amines is 1. The molecule has 1 aliphatic carbocycles. The molecule has 0 saturated heterocycles. The van der Waals surface area contributed by atoms with E-state index in [2.05, 4.69) is 4.98 Å². The van der Waals surface area contributed by atoms with Crippen LogP contribution in [0, 0.1) is 5.92 Å². The van der Waals surface area contributed by atoms with E-state index in [0.717, 1.165) is 12.8 Å². The number of nitrogens with zero attached hydrogens (tertiary/aromatic N) is 1. The number of halogens is 1. The highest BCUT2D eigenvalue weighted by Crippen LogP contribution is 2.34. The number of hydrogen-bond donors (Lipinski definition) is 1. The topological polar surface area (TPSA) is 54.9 Å². The van der Waals surface area contributed by atoms with Gasteiger partial charge >= 0.3 is 5.69 Å². The first kappa shape index (κ1) is 10.5. The molecular formula is C10H13ClN2O2. The molecule has 0 aromatic carbocycles. The van der Waals surface area contributed by atoms with E-state index in [4.69, 9.17) is 11.6 Å². The molecule has 1 aromatic heterocycles. The van der Waals surface area contributed by atoms with Gasteiger partial charge in [0.05, 0.1) is 0 Å². The summed E-state index contributed by atoms with van der Waals surface area (Å²) in [5, 5.41) is 0.0991. The monoisotopic (exact) mass is 228 g/mol. The van der Waals surface area contributed by atoms with Crippen LogP contribution >= 0.6 is 11.6 Å². The quantitative estimate of drug-likeness (QED) is 0.781. The van der Waals surface area contributed by atoms with Gasteiger partial charge in [-0.1, -0.05) is 18.0 Å². The van der Waals surface area contributed by atoms with Crippen molar-refractivity contribution in [2.75, 3.05) is 0 Å². The molecule has 1 N–H and O–H groups in total. The Balaban J connectivity index is 2.43. The average molecular weight is 229 g/mol. The summed E-state index contributed by atoms with van der Waals surface area (Å²) in [4.78, 5) is 25.6. The van der Waals surface area contributed by atoms with Gasteiger partial charge in [-0.2, -0.15) is 0 Å². The van der Waals surface area contributed by atoms with Gasteiger partial charge in [0, 0.05) is 12.1 Å². The highest BCUT2D eigenvalue weighted by molar-refractivity contribution is 6.29. The fourth-order valence-corrected chi connectivity index (χ4v) is 2.17. The Kier molecular flexibility index (Phi) is 2.69. The van der Waals surface area contributed by atoms with Gasteiger partial charge in [0.25, 0.3) is 5.56 Å². The number of hydrogen-bond acceptors (Lipinski definition) is 2. The minimum atomic E-state index is -0.410. The van der Waals surface area contributed by atoms with Crippen LogP contribution in [0.25, 0.3) is 0 Å². The smallest absolute Gasteiger partial charge is 0.298 e. The van der Waals surface area contributed by atoms with Gasteiger partial charge in [0.1, 0.15) is 5.15 Å². The largest absolute Gasteiger partial charge is 0.329 e. The van der Waals surface area contributed by atoms with E-state index >= 15 is 0 Å². The third-order valence-corrected chi connectivity index (χ3v) is 3.38. The molecule has 0 spiro atoms. The maximum Gasteiger partial charge on any atom is 0.329 e. The van der Waals surface area contributed by atoms with Gasteiger partial charge < -0.3 is 0 Å². The molecule has 82 valence electrons. The third kappa shape index (κ3) is 1.86. The first-order valence-corrected chi connectivity index (χ1v) is 5.49. The molecule has 1 heterocycles. The van der Waals surface area contributed by atoms with Crippen LogP contribution in [0.2, 0.25) is 5.15 Å². The lowest BCUT2D eigenvalue weighted by molar-refractivity contribution is 0.214. The molecule has 0 radical (unpaired) electrons. The summed E-state index contributed by atoms with van der Waals surface area (Å²) in [6.07, 6.45) is 3.38. The predicted molar refractivity (Wildman–Crippen MR) is 58.4 cm³/mol. The second-order valence-corrected chi connectivity index (χ2v) is 4.47. The van der Waals surface area contributed by atoms with Gasteiger partial charge in [-0.25, -0.2) is 4.79 Å². The zero-order valence-electron chi connectivity index (χ0n) is 8.50. The number of nitrogens with one attached hydrogen (secondary N) is 1. The first-order chi connectivity index (χ1) is 7.09. The number of aromatic nitrogens is 2. The molecular weight excluding hydrogens is 216 g/mol. The number of rotatable bonds is 2. The Morgan fingerprint density at radius 1 is 1.53 bits per heavy atom. The van der Waals surface area contributed by atoms with E-state index in [9.17, 15) is 9.59 Å². The fourth-order valence-electron chi connectivity index (χ4n) is 2.00. The lowest BCUT2D eigenvalue weighted by Crippen LogP contribution is -2.40. The normalized spacial score (nSPS) is 18.5. The lowest BCUT2D eigenvalue weighted by Gasteiger charge is -2.31. The molecule has 1 atom stereocenters.